The average molecular weight is 286 g/mol. The summed E-state index contributed by atoms with van der Waals surface area (Å²) < 4.78 is 0. The Hall–Kier alpha value is -1.26. The van der Waals surface area contributed by atoms with Crippen LogP contribution in [0.4, 0.5) is 4.79 Å². The summed E-state index contributed by atoms with van der Waals surface area (Å²) in [5, 5.41) is 11.7. The van der Waals surface area contributed by atoms with Gasteiger partial charge in [-0.15, -0.1) is 0 Å². The van der Waals surface area contributed by atoms with E-state index < -0.39 is 11.5 Å². The van der Waals surface area contributed by atoms with Crippen LogP contribution in [0.2, 0.25) is 0 Å². The van der Waals surface area contributed by atoms with Crippen molar-refractivity contribution in [2.45, 2.75) is 78.3 Å². The van der Waals surface area contributed by atoms with Gasteiger partial charge in [0.25, 0.3) is 0 Å². The number of aliphatic carboxylic acids is 1. The molecule has 0 heterocycles. The molecule has 5 nitrogen and oxygen atoms in total. The van der Waals surface area contributed by atoms with Crippen LogP contribution in [-0.4, -0.2) is 40.1 Å². The predicted octanol–water partition coefficient (Wildman–Crippen LogP) is 3.24. The predicted molar refractivity (Wildman–Crippen MR) is 80.8 cm³/mol. The molecule has 0 aliphatic heterocycles. The Morgan fingerprint density at radius 3 is 2.35 bits per heavy atom. The van der Waals surface area contributed by atoms with E-state index in [0.29, 0.717) is 6.42 Å². The number of carbonyl (C=O) groups excluding carboxylic acids is 1. The fourth-order valence-electron chi connectivity index (χ4n) is 1.91. The van der Waals surface area contributed by atoms with Crippen LogP contribution in [-0.2, 0) is 4.79 Å². The van der Waals surface area contributed by atoms with E-state index in [1.807, 2.05) is 25.7 Å². The van der Waals surface area contributed by atoms with Crippen LogP contribution in [0, 0.1) is 0 Å². The molecular weight excluding hydrogens is 256 g/mol. The third-order valence-electron chi connectivity index (χ3n) is 3.55. The first-order valence-corrected chi connectivity index (χ1v) is 7.54. The summed E-state index contributed by atoms with van der Waals surface area (Å²) in [5.41, 5.74) is -0.507. The maximum atomic E-state index is 12.4. The molecule has 0 rings (SSSR count). The number of nitrogens with one attached hydrogen (secondary N) is 1. The second-order valence-corrected chi connectivity index (χ2v) is 6.01. The van der Waals surface area contributed by atoms with E-state index in [1.165, 1.54) is 0 Å². The molecule has 0 spiro atoms. The molecule has 118 valence electrons. The van der Waals surface area contributed by atoms with E-state index in [4.69, 9.17) is 5.11 Å². The van der Waals surface area contributed by atoms with Crippen molar-refractivity contribution in [1.82, 2.24) is 10.2 Å². The highest BCUT2D eigenvalue weighted by molar-refractivity contribution is 5.75. The number of carbonyl (C=O) groups is 2. The van der Waals surface area contributed by atoms with Crippen LogP contribution in [0.3, 0.4) is 0 Å². The number of rotatable bonds is 9. The molecule has 0 saturated carbocycles. The smallest absolute Gasteiger partial charge is 0.318 e. The van der Waals surface area contributed by atoms with Crippen molar-refractivity contribution < 1.29 is 14.7 Å². The lowest BCUT2D eigenvalue weighted by atomic mass is 9.98. The van der Waals surface area contributed by atoms with E-state index in [2.05, 4.69) is 19.2 Å². The molecule has 2 N–H and O–H groups in total. The normalized spacial score (nSPS) is 12.8. The maximum absolute atomic E-state index is 12.4. The molecule has 20 heavy (non-hydrogen) atoms. The summed E-state index contributed by atoms with van der Waals surface area (Å²) in [6, 6.07) is 0.0972. The second kappa shape index (κ2) is 8.82. The van der Waals surface area contributed by atoms with Crippen LogP contribution >= 0.6 is 0 Å². The molecule has 1 unspecified atom stereocenters. The van der Waals surface area contributed by atoms with Gasteiger partial charge < -0.3 is 15.3 Å². The zero-order chi connectivity index (χ0) is 15.8. The van der Waals surface area contributed by atoms with Crippen LogP contribution in [0.25, 0.3) is 0 Å². The first kappa shape index (κ1) is 18.7. The SMILES string of the molecule is CCCCN(C(=O)NC(C)(C)CCC(=O)O)C(C)CC. The quantitative estimate of drug-likeness (QED) is 0.683. The molecule has 1 atom stereocenters. The summed E-state index contributed by atoms with van der Waals surface area (Å²) in [6.45, 7) is 10.7. The minimum absolute atomic E-state index is 0.0611. The molecule has 0 aromatic carbocycles. The lowest BCUT2D eigenvalue weighted by Gasteiger charge is -2.34. The third kappa shape index (κ3) is 7.36. The van der Waals surface area contributed by atoms with Gasteiger partial charge in [-0.25, -0.2) is 4.79 Å². The van der Waals surface area contributed by atoms with Crippen molar-refractivity contribution in [2.24, 2.45) is 0 Å². The number of carboxylic acid groups (broad SMARTS) is 1. The summed E-state index contributed by atoms with van der Waals surface area (Å²) >= 11 is 0. The van der Waals surface area contributed by atoms with Gasteiger partial charge in [0.1, 0.15) is 0 Å². The first-order valence-electron chi connectivity index (χ1n) is 7.54. The molecule has 5 heteroatoms. The lowest BCUT2D eigenvalue weighted by Crippen LogP contribution is -2.52. The molecule has 0 bridgehead atoms. The van der Waals surface area contributed by atoms with Crippen molar-refractivity contribution in [2.75, 3.05) is 6.54 Å². The Morgan fingerprint density at radius 2 is 1.90 bits per heavy atom. The number of unbranched alkanes of at least 4 members (excludes halogenated alkanes) is 1. The van der Waals surface area contributed by atoms with Gasteiger partial charge in [0.2, 0.25) is 0 Å². The van der Waals surface area contributed by atoms with E-state index in [0.717, 1.165) is 25.8 Å². The topological polar surface area (TPSA) is 69.6 Å². The van der Waals surface area contributed by atoms with Gasteiger partial charge in [-0.05, 0) is 40.0 Å². The van der Waals surface area contributed by atoms with E-state index in [1.54, 1.807) is 0 Å². The molecule has 2 amide bonds. The summed E-state index contributed by atoms with van der Waals surface area (Å²) in [7, 11) is 0. The largest absolute Gasteiger partial charge is 0.481 e. The van der Waals surface area contributed by atoms with Crippen LogP contribution in [0.1, 0.15) is 66.7 Å². The van der Waals surface area contributed by atoms with Crippen molar-refractivity contribution >= 4 is 12.0 Å². The molecular formula is C15H30N2O3. The zero-order valence-electron chi connectivity index (χ0n) is 13.5. The monoisotopic (exact) mass is 286 g/mol. The second-order valence-electron chi connectivity index (χ2n) is 6.01. The van der Waals surface area contributed by atoms with Crippen LogP contribution < -0.4 is 5.32 Å². The van der Waals surface area contributed by atoms with Crippen molar-refractivity contribution in [3.8, 4) is 0 Å². The first-order chi connectivity index (χ1) is 9.23. The number of hydrogen-bond acceptors (Lipinski definition) is 2. The number of amides is 2. The van der Waals surface area contributed by atoms with Gasteiger partial charge in [-0.3, -0.25) is 4.79 Å². The third-order valence-corrected chi connectivity index (χ3v) is 3.55. The molecule has 0 fully saturated rings. The minimum Gasteiger partial charge on any atom is -0.481 e. The Morgan fingerprint density at radius 1 is 1.30 bits per heavy atom. The molecule has 0 saturated heterocycles. The Kier molecular flexibility index (Phi) is 8.26. The molecule has 0 aliphatic carbocycles. The van der Waals surface area contributed by atoms with Gasteiger partial charge in [-0.2, -0.15) is 0 Å². The number of urea groups is 1. The summed E-state index contributed by atoms with van der Waals surface area (Å²) in [5.74, 6) is -0.836. The van der Waals surface area contributed by atoms with Gasteiger partial charge in [0.15, 0.2) is 0 Å². The van der Waals surface area contributed by atoms with Crippen LogP contribution in [0.5, 0.6) is 0 Å². The van der Waals surface area contributed by atoms with Crippen LogP contribution in [0.15, 0.2) is 0 Å². The van der Waals surface area contributed by atoms with Gasteiger partial charge in [0.05, 0.1) is 0 Å². The average Bonchev–Trinajstić information content (AvgIpc) is 2.36. The Bertz CT molecular complexity index is 316. The fraction of sp³-hybridized carbons (Fsp3) is 0.867. The number of nitrogens with zero attached hydrogens (tertiary/aromatic N) is 1. The van der Waals surface area contributed by atoms with Crippen molar-refractivity contribution in [3.63, 3.8) is 0 Å². The summed E-state index contributed by atoms with van der Waals surface area (Å²) in [4.78, 5) is 24.9. The fourth-order valence-corrected chi connectivity index (χ4v) is 1.91. The lowest BCUT2D eigenvalue weighted by molar-refractivity contribution is -0.137. The van der Waals surface area contributed by atoms with Gasteiger partial charge in [-0.1, -0.05) is 20.3 Å². The highest BCUT2D eigenvalue weighted by atomic mass is 16.4. The Balaban J connectivity index is 4.60. The van der Waals surface area contributed by atoms with Crippen molar-refractivity contribution in [1.29, 1.82) is 0 Å². The highest BCUT2D eigenvalue weighted by Crippen LogP contribution is 2.14. The highest BCUT2D eigenvalue weighted by Gasteiger charge is 2.26. The Labute approximate surface area is 122 Å². The van der Waals surface area contributed by atoms with Gasteiger partial charge >= 0.3 is 12.0 Å². The van der Waals surface area contributed by atoms with E-state index >= 15 is 0 Å². The molecule has 0 aromatic heterocycles. The standard InChI is InChI=1S/C15H30N2O3/c1-6-8-11-17(12(3)7-2)14(20)16-15(4,5)10-9-13(18)19/h12H,6-11H2,1-5H3,(H,16,20)(H,18,19). The molecule has 0 aliphatic rings. The summed E-state index contributed by atoms with van der Waals surface area (Å²) in [6.07, 6.45) is 3.42. The minimum atomic E-state index is -0.836. The van der Waals surface area contributed by atoms with Crippen molar-refractivity contribution in [3.05, 3.63) is 0 Å². The molecule has 0 radical (unpaired) electrons. The molecule has 0 aromatic rings. The van der Waals surface area contributed by atoms with E-state index in [-0.39, 0.29) is 18.5 Å². The maximum Gasteiger partial charge on any atom is 0.318 e. The van der Waals surface area contributed by atoms with E-state index in [9.17, 15) is 9.59 Å². The zero-order valence-corrected chi connectivity index (χ0v) is 13.5. The number of carboxylic acids is 1. The number of hydrogen-bond donors (Lipinski definition) is 2. The van der Waals surface area contributed by atoms with Gasteiger partial charge in [0, 0.05) is 24.5 Å².